The molecule has 0 aliphatic carbocycles. The van der Waals surface area contributed by atoms with Crippen LogP contribution in [0.3, 0.4) is 0 Å². The molecule has 0 saturated heterocycles. The van der Waals surface area contributed by atoms with E-state index in [-0.39, 0.29) is 30.9 Å². The molecule has 0 heterocycles. The maximum atomic E-state index is 7.00. The molecule has 0 atom stereocenters. The zero-order valence-electron chi connectivity index (χ0n) is 2.36. The minimum absolute atomic E-state index is 0. The molecule has 0 aliphatic rings. The molecule has 0 aromatic heterocycles. The Balaban J connectivity index is -0.00000000500. The van der Waals surface area contributed by atoms with Gasteiger partial charge in [-0.3, -0.25) is 0 Å². The van der Waals surface area contributed by atoms with E-state index in [0.717, 1.165) is 7.11 Å². The maximum Gasteiger partial charge on any atom is 0.0319 e. The molecule has 0 unspecified atom stereocenters. The predicted molar refractivity (Wildman–Crippen MR) is 18.5 cm³/mol. The SMILES string of the molecule is CO.S.[Cr]. The second kappa shape index (κ2) is 43.7. The Kier molecular flexibility index (Phi) is 230. The van der Waals surface area contributed by atoms with Gasteiger partial charge in [0.2, 0.25) is 0 Å². The van der Waals surface area contributed by atoms with Crippen LogP contribution in [0.4, 0.5) is 0 Å². The summed E-state index contributed by atoms with van der Waals surface area (Å²) < 4.78 is 0. The van der Waals surface area contributed by atoms with Crippen molar-refractivity contribution in [2.24, 2.45) is 0 Å². The minimum Gasteiger partial charge on any atom is -0.400 e. The van der Waals surface area contributed by atoms with Gasteiger partial charge in [0.1, 0.15) is 0 Å². The normalized spacial score (nSPS) is 1.50. The maximum absolute atomic E-state index is 7.00. The van der Waals surface area contributed by atoms with Gasteiger partial charge < -0.3 is 5.11 Å². The molecule has 0 aromatic rings. The summed E-state index contributed by atoms with van der Waals surface area (Å²) in [4.78, 5) is 0. The van der Waals surface area contributed by atoms with Gasteiger partial charge in [0.25, 0.3) is 0 Å². The quantitative estimate of drug-likeness (QED) is 0.463. The molecule has 0 aliphatic heterocycles. The summed E-state index contributed by atoms with van der Waals surface area (Å²) in [6, 6.07) is 0. The summed E-state index contributed by atoms with van der Waals surface area (Å²) in [6.07, 6.45) is 0. The van der Waals surface area contributed by atoms with Crippen LogP contribution in [0.1, 0.15) is 0 Å². The minimum atomic E-state index is 0. The molecule has 0 fully saturated rings. The monoisotopic (exact) mass is 118 g/mol. The first-order valence-corrected chi connectivity index (χ1v) is 0.447. The summed E-state index contributed by atoms with van der Waals surface area (Å²) in [5.41, 5.74) is 0. The molecule has 1 N–H and O–H groups in total. The van der Waals surface area contributed by atoms with Gasteiger partial charge in [-0.25, -0.2) is 0 Å². The van der Waals surface area contributed by atoms with Crippen LogP contribution in [0, 0.1) is 0 Å². The zero-order valence-corrected chi connectivity index (χ0v) is 4.63. The molecule has 28 valence electrons. The third-order valence-electron chi connectivity index (χ3n) is 0. The van der Waals surface area contributed by atoms with E-state index in [1.165, 1.54) is 0 Å². The fourth-order valence-electron chi connectivity index (χ4n) is 0. The summed E-state index contributed by atoms with van der Waals surface area (Å²) >= 11 is 0. The van der Waals surface area contributed by atoms with Crippen LogP contribution in [-0.4, -0.2) is 12.2 Å². The van der Waals surface area contributed by atoms with Gasteiger partial charge >= 0.3 is 0 Å². The van der Waals surface area contributed by atoms with E-state index in [1.807, 2.05) is 0 Å². The van der Waals surface area contributed by atoms with Crippen molar-refractivity contribution in [1.29, 1.82) is 0 Å². The van der Waals surface area contributed by atoms with Gasteiger partial charge in [0.15, 0.2) is 0 Å². The van der Waals surface area contributed by atoms with Crippen LogP contribution >= 0.6 is 13.5 Å². The van der Waals surface area contributed by atoms with Gasteiger partial charge in [-0.05, 0) is 0 Å². The van der Waals surface area contributed by atoms with E-state index < -0.39 is 0 Å². The van der Waals surface area contributed by atoms with Crippen LogP contribution in [-0.2, 0) is 17.4 Å². The van der Waals surface area contributed by atoms with Crippen molar-refractivity contribution in [3.05, 3.63) is 0 Å². The van der Waals surface area contributed by atoms with E-state index in [1.54, 1.807) is 0 Å². The third kappa shape index (κ3) is 13.6. The molecule has 0 saturated carbocycles. The second-order valence-corrected chi connectivity index (χ2v) is 0. The smallest absolute Gasteiger partial charge is 0.0319 e. The van der Waals surface area contributed by atoms with Crippen molar-refractivity contribution in [2.45, 2.75) is 0 Å². The number of aliphatic hydroxyl groups excluding tert-OH is 1. The average Bonchev–Trinajstić information content (AvgIpc) is 1.00. The molecule has 3 heteroatoms. The summed E-state index contributed by atoms with van der Waals surface area (Å²) in [5.74, 6) is 0. The van der Waals surface area contributed by atoms with Gasteiger partial charge in [-0.15, -0.1) is 0 Å². The number of hydrogen-bond donors (Lipinski definition) is 1. The summed E-state index contributed by atoms with van der Waals surface area (Å²) in [6.45, 7) is 0. The van der Waals surface area contributed by atoms with Crippen molar-refractivity contribution < 1.29 is 22.5 Å². The summed E-state index contributed by atoms with van der Waals surface area (Å²) in [5, 5.41) is 7.00. The Hall–Kier alpha value is 0.842. The van der Waals surface area contributed by atoms with Crippen LogP contribution in [0.5, 0.6) is 0 Å². The fraction of sp³-hybridized carbons (Fsp3) is 1.00. The molecule has 0 spiro atoms. The molecule has 0 bridgehead atoms. The average molecular weight is 118 g/mol. The Morgan fingerprint density at radius 1 is 1.25 bits per heavy atom. The van der Waals surface area contributed by atoms with Crippen molar-refractivity contribution in [1.82, 2.24) is 0 Å². The topological polar surface area (TPSA) is 20.2 Å². The van der Waals surface area contributed by atoms with Crippen molar-refractivity contribution in [3.8, 4) is 0 Å². The Bertz CT molecular complexity index is 8.00. The van der Waals surface area contributed by atoms with Crippen molar-refractivity contribution in [2.75, 3.05) is 7.11 Å². The van der Waals surface area contributed by atoms with E-state index in [2.05, 4.69) is 0 Å². The fourth-order valence-corrected chi connectivity index (χ4v) is 0. The van der Waals surface area contributed by atoms with Gasteiger partial charge in [-0.2, -0.15) is 13.5 Å². The number of aliphatic hydroxyl groups is 1. The number of rotatable bonds is 0. The van der Waals surface area contributed by atoms with E-state index in [4.69, 9.17) is 5.11 Å². The third-order valence-corrected chi connectivity index (χ3v) is 0. The van der Waals surface area contributed by atoms with Gasteiger partial charge in [0.05, 0.1) is 0 Å². The first-order chi connectivity index (χ1) is 1.00. The Morgan fingerprint density at radius 3 is 1.25 bits per heavy atom. The van der Waals surface area contributed by atoms with Crippen LogP contribution in [0.2, 0.25) is 0 Å². The standard InChI is InChI=1S/CH4O.Cr.H2S/c1-2;;/h2H,1H3;;1H2. The van der Waals surface area contributed by atoms with Crippen molar-refractivity contribution in [3.63, 3.8) is 0 Å². The molecule has 1 nitrogen and oxygen atoms in total. The first kappa shape index (κ1) is 21.1. The number of hydrogen-bond acceptors (Lipinski definition) is 1. The molecule has 0 aromatic carbocycles. The van der Waals surface area contributed by atoms with E-state index >= 15 is 0 Å². The molecular weight excluding hydrogens is 112 g/mol. The molecule has 0 amide bonds. The largest absolute Gasteiger partial charge is 0.400 e. The summed E-state index contributed by atoms with van der Waals surface area (Å²) in [7, 11) is 1.00. The Morgan fingerprint density at radius 2 is 1.25 bits per heavy atom. The molecule has 0 radical (unpaired) electrons. The van der Waals surface area contributed by atoms with Gasteiger partial charge in [-0.1, -0.05) is 0 Å². The van der Waals surface area contributed by atoms with Crippen molar-refractivity contribution >= 4 is 13.5 Å². The Labute approximate surface area is 43.6 Å². The van der Waals surface area contributed by atoms with Crippen LogP contribution in [0.25, 0.3) is 0 Å². The first-order valence-electron chi connectivity index (χ1n) is 0.447. The van der Waals surface area contributed by atoms with Crippen LogP contribution in [0.15, 0.2) is 0 Å². The predicted octanol–water partition coefficient (Wildman–Crippen LogP) is -0.281. The van der Waals surface area contributed by atoms with Crippen LogP contribution < -0.4 is 0 Å². The van der Waals surface area contributed by atoms with E-state index in [0.29, 0.717) is 0 Å². The zero-order chi connectivity index (χ0) is 2.00. The van der Waals surface area contributed by atoms with Gasteiger partial charge in [0, 0.05) is 24.5 Å². The second-order valence-electron chi connectivity index (χ2n) is 0. The molecule has 0 rings (SSSR count). The van der Waals surface area contributed by atoms with E-state index in [9.17, 15) is 0 Å². The molecular formula is CH6CrOS. The molecule has 4 heavy (non-hydrogen) atoms.